The van der Waals surface area contributed by atoms with Crippen LogP contribution in [0, 0.1) is 0 Å². The SMILES string of the molecule is CO[C@@H]1OC[C@@H](OC(=S)SC)[C@H]2OC(C)(C)O[C@@H]12. The molecule has 0 radical (unpaired) electrons. The Balaban J connectivity index is 2.09. The van der Waals surface area contributed by atoms with Crippen LogP contribution in [-0.2, 0) is 23.7 Å². The van der Waals surface area contributed by atoms with E-state index in [4.69, 9.17) is 35.9 Å². The van der Waals surface area contributed by atoms with Crippen LogP contribution in [-0.4, -0.2) is 54.7 Å². The molecule has 2 fully saturated rings. The third-order valence-corrected chi connectivity index (χ3v) is 3.90. The number of hydrogen-bond acceptors (Lipinski definition) is 7. The molecule has 5 nitrogen and oxygen atoms in total. The summed E-state index contributed by atoms with van der Waals surface area (Å²) in [5.74, 6) is -0.664. The molecule has 4 atom stereocenters. The van der Waals surface area contributed by atoms with Crippen molar-refractivity contribution < 1.29 is 23.7 Å². The number of methoxy groups -OCH3 is 1. The fourth-order valence-electron chi connectivity index (χ4n) is 2.17. The zero-order chi connectivity index (χ0) is 13.3. The van der Waals surface area contributed by atoms with Crippen LogP contribution in [0.5, 0.6) is 0 Å². The van der Waals surface area contributed by atoms with Crippen molar-refractivity contribution in [3.05, 3.63) is 0 Å². The first-order chi connectivity index (χ1) is 8.46. The molecule has 18 heavy (non-hydrogen) atoms. The molecule has 2 saturated heterocycles. The summed E-state index contributed by atoms with van der Waals surface area (Å²) in [7, 11) is 1.59. The molecule has 2 heterocycles. The second-order valence-electron chi connectivity index (χ2n) is 4.61. The van der Waals surface area contributed by atoms with Gasteiger partial charge in [-0.3, -0.25) is 0 Å². The smallest absolute Gasteiger partial charge is 0.220 e. The minimum absolute atomic E-state index is 0.233. The van der Waals surface area contributed by atoms with Crippen LogP contribution >= 0.6 is 24.0 Å². The molecule has 2 aliphatic rings. The van der Waals surface area contributed by atoms with E-state index < -0.39 is 12.1 Å². The van der Waals surface area contributed by atoms with Crippen LogP contribution in [0.1, 0.15) is 13.8 Å². The third kappa shape index (κ3) is 2.97. The van der Waals surface area contributed by atoms with Gasteiger partial charge < -0.3 is 23.7 Å². The molecule has 2 rings (SSSR count). The van der Waals surface area contributed by atoms with E-state index in [0.29, 0.717) is 11.0 Å². The monoisotopic (exact) mass is 294 g/mol. The number of hydrogen-bond donors (Lipinski definition) is 0. The van der Waals surface area contributed by atoms with E-state index in [1.807, 2.05) is 20.1 Å². The Bertz CT molecular complexity index is 323. The van der Waals surface area contributed by atoms with Crippen molar-refractivity contribution in [1.82, 2.24) is 0 Å². The van der Waals surface area contributed by atoms with Gasteiger partial charge in [-0.05, 0) is 32.3 Å². The van der Waals surface area contributed by atoms with Crippen LogP contribution in [0.25, 0.3) is 0 Å². The second kappa shape index (κ2) is 5.60. The standard InChI is InChI=1S/C11H18O5S2/c1-11(2)15-7-6(14-10(17)18-4)5-13-9(12-3)8(7)16-11/h6-9H,5H2,1-4H3/t6-,7-,8-,9-/m1/s1. The summed E-state index contributed by atoms with van der Waals surface area (Å²) in [6, 6.07) is 0. The van der Waals surface area contributed by atoms with Crippen molar-refractivity contribution in [1.29, 1.82) is 0 Å². The number of thiocarbonyl (C=S) groups is 1. The Morgan fingerprint density at radius 2 is 2.00 bits per heavy atom. The molecule has 0 aromatic heterocycles. The van der Waals surface area contributed by atoms with Crippen molar-refractivity contribution in [3.8, 4) is 0 Å². The summed E-state index contributed by atoms with van der Waals surface area (Å²) in [4.78, 5) is 0. The van der Waals surface area contributed by atoms with Gasteiger partial charge in [0, 0.05) is 7.11 Å². The predicted molar refractivity (Wildman–Crippen MR) is 71.6 cm³/mol. The fourth-order valence-corrected chi connectivity index (χ4v) is 2.51. The molecular weight excluding hydrogens is 276 g/mol. The van der Waals surface area contributed by atoms with E-state index in [2.05, 4.69) is 0 Å². The molecule has 104 valence electrons. The maximum absolute atomic E-state index is 5.87. The molecule has 0 aliphatic carbocycles. The lowest BCUT2D eigenvalue weighted by Crippen LogP contribution is -2.53. The summed E-state index contributed by atoms with van der Waals surface area (Å²) in [5, 5.41) is 0. The van der Waals surface area contributed by atoms with Gasteiger partial charge in [-0.2, -0.15) is 0 Å². The summed E-state index contributed by atoms with van der Waals surface area (Å²) >= 11 is 6.45. The Kier molecular flexibility index (Phi) is 4.51. The minimum atomic E-state index is -0.664. The second-order valence-corrected chi connectivity index (χ2v) is 6.02. The normalized spacial score (nSPS) is 38.2. The summed E-state index contributed by atoms with van der Waals surface area (Å²) < 4.78 is 28.6. The van der Waals surface area contributed by atoms with E-state index in [9.17, 15) is 0 Å². The van der Waals surface area contributed by atoms with E-state index in [0.717, 1.165) is 0 Å². The van der Waals surface area contributed by atoms with Gasteiger partial charge in [0.1, 0.15) is 12.2 Å². The molecule has 0 spiro atoms. The van der Waals surface area contributed by atoms with E-state index >= 15 is 0 Å². The van der Waals surface area contributed by atoms with Crippen molar-refractivity contribution in [2.24, 2.45) is 0 Å². The minimum Gasteiger partial charge on any atom is -0.470 e. The first-order valence-corrected chi connectivity index (χ1v) is 7.35. The highest BCUT2D eigenvalue weighted by molar-refractivity contribution is 8.22. The number of fused-ring (bicyclic) bond motifs is 1. The number of ether oxygens (including phenoxy) is 5. The maximum atomic E-state index is 5.87. The van der Waals surface area contributed by atoms with E-state index in [1.165, 1.54) is 11.8 Å². The van der Waals surface area contributed by atoms with Crippen LogP contribution < -0.4 is 0 Å². The van der Waals surface area contributed by atoms with E-state index in [1.54, 1.807) is 7.11 Å². The van der Waals surface area contributed by atoms with Crippen LogP contribution in [0.4, 0.5) is 0 Å². The van der Waals surface area contributed by atoms with Crippen LogP contribution in [0.15, 0.2) is 0 Å². The Morgan fingerprint density at radius 1 is 1.33 bits per heavy atom. The maximum Gasteiger partial charge on any atom is 0.220 e. The van der Waals surface area contributed by atoms with Crippen molar-refractivity contribution >= 4 is 28.4 Å². The van der Waals surface area contributed by atoms with Crippen molar-refractivity contribution in [3.63, 3.8) is 0 Å². The lowest BCUT2D eigenvalue weighted by Gasteiger charge is -2.35. The Hall–Kier alpha value is 0.0800. The van der Waals surface area contributed by atoms with Gasteiger partial charge in [0.25, 0.3) is 0 Å². The summed E-state index contributed by atoms with van der Waals surface area (Å²) in [6.45, 7) is 4.10. The summed E-state index contributed by atoms with van der Waals surface area (Å²) in [6.07, 6.45) is 0.650. The quantitative estimate of drug-likeness (QED) is 0.716. The molecule has 0 saturated carbocycles. The first-order valence-electron chi connectivity index (χ1n) is 5.71. The molecule has 7 heteroatoms. The van der Waals surface area contributed by atoms with Crippen LogP contribution in [0.3, 0.4) is 0 Å². The predicted octanol–water partition coefficient (Wildman–Crippen LogP) is 1.54. The van der Waals surface area contributed by atoms with Gasteiger partial charge in [-0.25, -0.2) is 0 Å². The van der Waals surface area contributed by atoms with E-state index in [-0.39, 0.29) is 18.3 Å². The highest BCUT2D eigenvalue weighted by Gasteiger charge is 2.53. The molecular formula is C11H18O5S2. The average Bonchev–Trinajstić information content (AvgIpc) is 2.65. The van der Waals surface area contributed by atoms with Crippen LogP contribution in [0.2, 0.25) is 0 Å². The third-order valence-electron chi connectivity index (χ3n) is 2.87. The molecule has 0 amide bonds. The van der Waals surface area contributed by atoms with Crippen molar-refractivity contribution in [2.75, 3.05) is 20.0 Å². The molecule has 0 unspecified atom stereocenters. The van der Waals surface area contributed by atoms with Gasteiger partial charge >= 0.3 is 0 Å². The molecule has 2 aliphatic heterocycles. The highest BCUT2D eigenvalue weighted by Crippen LogP contribution is 2.36. The summed E-state index contributed by atoms with van der Waals surface area (Å²) in [5.41, 5.74) is 0. The number of rotatable bonds is 2. The average molecular weight is 294 g/mol. The zero-order valence-electron chi connectivity index (χ0n) is 10.9. The van der Waals surface area contributed by atoms with Crippen molar-refractivity contribution in [2.45, 2.75) is 44.2 Å². The topological polar surface area (TPSA) is 46.2 Å². The molecule has 0 aromatic carbocycles. The Morgan fingerprint density at radius 3 is 2.61 bits per heavy atom. The zero-order valence-corrected chi connectivity index (χ0v) is 12.5. The van der Waals surface area contributed by atoms with Gasteiger partial charge in [0.05, 0.1) is 6.61 Å². The fraction of sp³-hybridized carbons (Fsp3) is 0.909. The lowest BCUT2D eigenvalue weighted by molar-refractivity contribution is -0.235. The van der Waals surface area contributed by atoms with Gasteiger partial charge in [0.2, 0.25) is 4.38 Å². The molecule has 0 aromatic rings. The highest BCUT2D eigenvalue weighted by atomic mass is 32.2. The molecule has 0 bridgehead atoms. The Labute approximate surface area is 116 Å². The van der Waals surface area contributed by atoms with Gasteiger partial charge in [0.15, 0.2) is 18.2 Å². The van der Waals surface area contributed by atoms with Gasteiger partial charge in [-0.15, -0.1) is 0 Å². The number of thioether (sulfide) groups is 1. The molecule has 0 N–H and O–H groups in total. The first kappa shape index (κ1) is 14.5. The largest absolute Gasteiger partial charge is 0.470 e. The van der Waals surface area contributed by atoms with Gasteiger partial charge in [-0.1, -0.05) is 11.8 Å². The lowest BCUT2D eigenvalue weighted by atomic mass is 10.1.